The van der Waals surface area contributed by atoms with Crippen molar-refractivity contribution in [1.82, 2.24) is 9.78 Å². The molecule has 0 fully saturated rings. The molecule has 1 heterocycles. The molecule has 0 aliphatic heterocycles. The number of aromatic nitrogens is 2. The van der Waals surface area contributed by atoms with Gasteiger partial charge in [0.2, 0.25) is 5.91 Å². The zero-order valence-corrected chi connectivity index (χ0v) is 11.8. The highest BCUT2D eigenvalue weighted by Crippen LogP contribution is 2.07. The van der Waals surface area contributed by atoms with Gasteiger partial charge < -0.3 is 14.6 Å². The highest BCUT2D eigenvalue weighted by Gasteiger charge is 2.18. The van der Waals surface area contributed by atoms with Crippen molar-refractivity contribution in [2.24, 2.45) is 0 Å². The Bertz CT molecular complexity index is 403. The average Bonchev–Trinajstić information content (AvgIpc) is 2.69. The van der Waals surface area contributed by atoms with Gasteiger partial charge in [-0.1, -0.05) is 0 Å². The van der Waals surface area contributed by atoms with Crippen molar-refractivity contribution >= 4 is 5.91 Å². The Labute approximate surface area is 113 Å². The Morgan fingerprint density at radius 1 is 1.53 bits per heavy atom. The van der Waals surface area contributed by atoms with Gasteiger partial charge in [0.15, 0.2) is 0 Å². The van der Waals surface area contributed by atoms with E-state index in [4.69, 9.17) is 14.6 Å². The van der Waals surface area contributed by atoms with E-state index in [0.717, 1.165) is 11.4 Å². The predicted octanol–water partition coefficient (Wildman–Crippen LogP) is 0.944. The summed E-state index contributed by atoms with van der Waals surface area (Å²) in [5.74, 6) is -0.114. The molecule has 0 amide bonds. The molecule has 0 aliphatic carbocycles. The molecule has 1 unspecified atom stereocenters. The number of carbonyl (C=O) groups is 1. The van der Waals surface area contributed by atoms with Gasteiger partial charge in [0.25, 0.3) is 0 Å². The number of hydrogen-bond donors (Lipinski definition) is 1. The molecule has 0 radical (unpaired) electrons. The summed E-state index contributed by atoms with van der Waals surface area (Å²) >= 11 is 0. The molecule has 0 bridgehead atoms. The highest BCUT2D eigenvalue weighted by atomic mass is 16.5. The second kappa shape index (κ2) is 8.04. The van der Waals surface area contributed by atoms with E-state index in [1.54, 1.807) is 0 Å². The van der Waals surface area contributed by atoms with E-state index in [-0.39, 0.29) is 31.6 Å². The van der Waals surface area contributed by atoms with Gasteiger partial charge in [-0.25, -0.2) is 4.68 Å². The number of aliphatic hydroxyl groups excluding tert-OH is 1. The SMILES string of the molecule is CCOC(COCCO)CC(=O)n1nc(C)cc1C. The molecular formula is C13H22N2O4. The quantitative estimate of drug-likeness (QED) is 0.712. The van der Waals surface area contributed by atoms with Crippen molar-refractivity contribution in [1.29, 1.82) is 0 Å². The van der Waals surface area contributed by atoms with E-state index < -0.39 is 0 Å². The lowest BCUT2D eigenvalue weighted by Crippen LogP contribution is -2.27. The molecule has 0 saturated carbocycles. The van der Waals surface area contributed by atoms with Gasteiger partial charge >= 0.3 is 0 Å². The van der Waals surface area contributed by atoms with Crippen LogP contribution in [0.25, 0.3) is 0 Å². The molecule has 1 atom stereocenters. The predicted molar refractivity (Wildman–Crippen MR) is 70.3 cm³/mol. The minimum absolute atomic E-state index is 0.0375. The molecule has 19 heavy (non-hydrogen) atoms. The number of ether oxygens (including phenoxy) is 2. The van der Waals surface area contributed by atoms with Gasteiger partial charge in [-0.05, 0) is 26.8 Å². The monoisotopic (exact) mass is 270 g/mol. The maximum atomic E-state index is 12.1. The van der Waals surface area contributed by atoms with Crippen LogP contribution >= 0.6 is 0 Å². The van der Waals surface area contributed by atoms with Crippen LogP contribution in [-0.2, 0) is 9.47 Å². The molecule has 0 aromatic carbocycles. The van der Waals surface area contributed by atoms with Crippen LogP contribution in [0.2, 0.25) is 0 Å². The molecule has 108 valence electrons. The molecular weight excluding hydrogens is 248 g/mol. The molecule has 1 aromatic heterocycles. The summed E-state index contributed by atoms with van der Waals surface area (Å²) in [4.78, 5) is 12.1. The normalized spacial score (nSPS) is 12.6. The number of carbonyl (C=O) groups excluding carboxylic acids is 1. The fraction of sp³-hybridized carbons (Fsp3) is 0.692. The first-order valence-electron chi connectivity index (χ1n) is 6.45. The summed E-state index contributed by atoms with van der Waals surface area (Å²) in [6.07, 6.45) is -0.103. The third kappa shape index (κ3) is 5.10. The lowest BCUT2D eigenvalue weighted by atomic mass is 10.2. The maximum Gasteiger partial charge on any atom is 0.249 e. The lowest BCUT2D eigenvalue weighted by Gasteiger charge is -2.16. The first kappa shape index (κ1) is 15.8. The van der Waals surface area contributed by atoms with Crippen molar-refractivity contribution < 1.29 is 19.4 Å². The fourth-order valence-corrected chi connectivity index (χ4v) is 1.84. The van der Waals surface area contributed by atoms with Crippen LogP contribution in [0.5, 0.6) is 0 Å². The molecule has 0 spiro atoms. The second-order valence-corrected chi connectivity index (χ2v) is 4.31. The Hall–Kier alpha value is -1.24. The lowest BCUT2D eigenvalue weighted by molar-refractivity contribution is -0.0212. The zero-order chi connectivity index (χ0) is 14.3. The molecule has 0 aliphatic rings. The third-order valence-corrected chi connectivity index (χ3v) is 2.59. The summed E-state index contributed by atoms with van der Waals surface area (Å²) < 4.78 is 12.1. The molecule has 1 rings (SSSR count). The van der Waals surface area contributed by atoms with Gasteiger partial charge in [0.1, 0.15) is 0 Å². The topological polar surface area (TPSA) is 73.6 Å². The number of rotatable bonds is 8. The van der Waals surface area contributed by atoms with Crippen molar-refractivity contribution in [3.63, 3.8) is 0 Å². The van der Waals surface area contributed by atoms with Gasteiger partial charge in [-0.3, -0.25) is 4.79 Å². The fourth-order valence-electron chi connectivity index (χ4n) is 1.84. The van der Waals surface area contributed by atoms with E-state index in [2.05, 4.69) is 5.10 Å². The summed E-state index contributed by atoms with van der Waals surface area (Å²) in [5.41, 5.74) is 1.63. The zero-order valence-electron chi connectivity index (χ0n) is 11.8. The Morgan fingerprint density at radius 3 is 2.79 bits per heavy atom. The summed E-state index contributed by atoms with van der Waals surface area (Å²) in [7, 11) is 0. The Morgan fingerprint density at radius 2 is 2.26 bits per heavy atom. The van der Waals surface area contributed by atoms with E-state index in [1.165, 1.54) is 4.68 Å². The smallest absolute Gasteiger partial charge is 0.249 e. The Kier molecular flexibility index (Phi) is 6.69. The van der Waals surface area contributed by atoms with E-state index in [9.17, 15) is 4.79 Å². The third-order valence-electron chi connectivity index (χ3n) is 2.59. The summed E-state index contributed by atoms with van der Waals surface area (Å²) in [6, 6.07) is 1.86. The molecule has 1 N–H and O–H groups in total. The van der Waals surface area contributed by atoms with Gasteiger partial charge in [-0.2, -0.15) is 5.10 Å². The highest BCUT2D eigenvalue weighted by molar-refractivity contribution is 5.79. The van der Waals surface area contributed by atoms with Gasteiger partial charge in [-0.15, -0.1) is 0 Å². The number of hydrogen-bond acceptors (Lipinski definition) is 5. The van der Waals surface area contributed by atoms with Crippen molar-refractivity contribution in [3.05, 3.63) is 17.5 Å². The average molecular weight is 270 g/mol. The van der Waals surface area contributed by atoms with Gasteiger partial charge in [0.05, 0.1) is 38.0 Å². The summed E-state index contributed by atoms with van der Waals surface area (Å²) in [6.45, 7) is 6.57. The summed E-state index contributed by atoms with van der Waals surface area (Å²) in [5, 5.41) is 12.8. The molecule has 0 saturated heterocycles. The van der Waals surface area contributed by atoms with Crippen molar-refractivity contribution in [2.45, 2.75) is 33.3 Å². The first-order chi connectivity index (χ1) is 9.08. The van der Waals surface area contributed by atoms with E-state index in [0.29, 0.717) is 13.2 Å². The van der Waals surface area contributed by atoms with Crippen LogP contribution in [0.4, 0.5) is 0 Å². The molecule has 1 aromatic rings. The second-order valence-electron chi connectivity index (χ2n) is 4.31. The standard InChI is InChI=1S/C13H22N2O4/c1-4-19-12(9-18-6-5-16)8-13(17)15-11(3)7-10(2)14-15/h7,12,16H,4-6,8-9H2,1-3H3. The number of aryl methyl sites for hydroxylation is 2. The molecule has 6 heteroatoms. The Balaban J connectivity index is 2.57. The van der Waals surface area contributed by atoms with Crippen LogP contribution in [-0.4, -0.2) is 53.3 Å². The first-order valence-corrected chi connectivity index (χ1v) is 6.45. The molecule has 6 nitrogen and oxygen atoms in total. The van der Waals surface area contributed by atoms with Crippen LogP contribution in [0.3, 0.4) is 0 Å². The van der Waals surface area contributed by atoms with Crippen molar-refractivity contribution in [3.8, 4) is 0 Å². The number of aliphatic hydroxyl groups is 1. The van der Waals surface area contributed by atoms with Crippen LogP contribution in [0, 0.1) is 13.8 Å². The minimum Gasteiger partial charge on any atom is -0.394 e. The van der Waals surface area contributed by atoms with Crippen molar-refractivity contribution in [2.75, 3.05) is 26.4 Å². The maximum absolute atomic E-state index is 12.1. The van der Waals surface area contributed by atoms with Crippen LogP contribution in [0.15, 0.2) is 6.07 Å². The van der Waals surface area contributed by atoms with Crippen LogP contribution in [0.1, 0.15) is 29.5 Å². The van der Waals surface area contributed by atoms with Crippen LogP contribution < -0.4 is 0 Å². The minimum atomic E-state index is -0.312. The number of nitrogens with zero attached hydrogens (tertiary/aromatic N) is 2. The van der Waals surface area contributed by atoms with Gasteiger partial charge in [0, 0.05) is 12.3 Å². The largest absolute Gasteiger partial charge is 0.394 e. The van der Waals surface area contributed by atoms with E-state index >= 15 is 0 Å². The van der Waals surface area contributed by atoms with E-state index in [1.807, 2.05) is 26.8 Å².